The van der Waals surface area contributed by atoms with Crippen LogP contribution in [0, 0.1) is 12.3 Å². The molecule has 0 unspecified atom stereocenters. The zero-order valence-corrected chi connectivity index (χ0v) is 11.3. The lowest BCUT2D eigenvalue weighted by Gasteiger charge is -2.09. The van der Waals surface area contributed by atoms with Gasteiger partial charge in [-0.3, -0.25) is 9.78 Å². The Morgan fingerprint density at radius 3 is 2.95 bits per heavy atom. The van der Waals surface area contributed by atoms with Crippen LogP contribution in [0.1, 0.15) is 11.1 Å². The second kappa shape index (κ2) is 5.77. The number of aliphatic carboxylic acids is 1. The fourth-order valence-corrected chi connectivity index (χ4v) is 2.43. The van der Waals surface area contributed by atoms with Gasteiger partial charge >= 0.3 is 5.97 Å². The van der Waals surface area contributed by atoms with Crippen LogP contribution in [0.2, 0.25) is 0 Å². The maximum atomic E-state index is 11.0. The van der Waals surface area contributed by atoms with Crippen molar-refractivity contribution in [2.75, 3.05) is 6.26 Å². The monoisotopic (exact) mass is 271 g/mol. The molecule has 0 amide bonds. The van der Waals surface area contributed by atoms with E-state index in [-0.39, 0.29) is 0 Å². The number of hydrogen-bond donors (Lipinski definition) is 1. The van der Waals surface area contributed by atoms with Crippen LogP contribution in [-0.2, 0) is 11.2 Å². The van der Waals surface area contributed by atoms with Gasteiger partial charge in [-0.05, 0) is 36.4 Å². The Labute approximate surface area is 116 Å². The molecule has 0 saturated heterocycles. The molecule has 0 aliphatic carbocycles. The molecule has 0 saturated carbocycles. The van der Waals surface area contributed by atoms with Crippen molar-refractivity contribution in [3.63, 3.8) is 0 Å². The van der Waals surface area contributed by atoms with E-state index in [4.69, 9.17) is 11.5 Å². The molecule has 1 atom stereocenters. The van der Waals surface area contributed by atoms with Crippen LogP contribution in [0.25, 0.3) is 10.9 Å². The Bertz CT molecular complexity index is 661. The molecule has 1 heterocycles. The van der Waals surface area contributed by atoms with Crippen molar-refractivity contribution in [3.8, 4) is 12.3 Å². The van der Waals surface area contributed by atoms with E-state index in [1.807, 2.05) is 24.3 Å². The van der Waals surface area contributed by atoms with E-state index in [2.05, 4.69) is 10.9 Å². The van der Waals surface area contributed by atoms with Crippen LogP contribution in [0.4, 0.5) is 0 Å². The number of carboxylic acid groups (broad SMARTS) is 1. The summed E-state index contributed by atoms with van der Waals surface area (Å²) in [5.74, 6) is 1.76. The van der Waals surface area contributed by atoms with E-state index in [9.17, 15) is 4.79 Å². The van der Waals surface area contributed by atoms with Crippen molar-refractivity contribution in [1.29, 1.82) is 0 Å². The summed E-state index contributed by atoms with van der Waals surface area (Å²) in [6, 6.07) is 7.65. The van der Waals surface area contributed by atoms with E-state index in [1.54, 1.807) is 12.5 Å². The Morgan fingerprint density at radius 2 is 2.32 bits per heavy atom. The van der Waals surface area contributed by atoms with Gasteiger partial charge in [0.15, 0.2) is 0 Å². The topological polar surface area (TPSA) is 50.2 Å². The molecule has 3 nitrogen and oxygen atoms in total. The lowest BCUT2D eigenvalue weighted by molar-refractivity contribution is -0.136. The third-order valence-electron chi connectivity index (χ3n) is 2.89. The molecule has 0 aliphatic rings. The fraction of sp³-hybridized carbons (Fsp3) is 0.200. The number of pyridine rings is 1. The van der Waals surface area contributed by atoms with Crippen LogP contribution in [0.5, 0.6) is 0 Å². The molecule has 0 spiro atoms. The Balaban J connectivity index is 2.35. The van der Waals surface area contributed by atoms with Gasteiger partial charge in [0, 0.05) is 17.1 Å². The SMILES string of the molecule is C#Cc1cnc2ccc(C[C@H](SC)C(=O)O)cc2c1. The molecule has 1 N–H and O–H groups in total. The second-order valence-corrected chi connectivity index (χ2v) is 5.20. The van der Waals surface area contributed by atoms with Crippen LogP contribution in [0.3, 0.4) is 0 Å². The predicted molar refractivity (Wildman–Crippen MR) is 78.3 cm³/mol. The molecular formula is C15H13NO2S. The van der Waals surface area contributed by atoms with Crippen molar-refractivity contribution in [2.24, 2.45) is 0 Å². The smallest absolute Gasteiger partial charge is 0.316 e. The Morgan fingerprint density at radius 1 is 1.53 bits per heavy atom. The molecular weight excluding hydrogens is 258 g/mol. The van der Waals surface area contributed by atoms with E-state index in [0.29, 0.717) is 6.42 Å². The van der Waals surface area contributed by atoms with Gasteiger partial charge in [-0.2, -0.15) is 0 Å². The Kier molecular flexibility index (Phi) is 4.08. The summed E-state index contributed by atoms with van der Waals surface area (Å²) in [7, 11) is 0. The molecule has 1 aromatic carbocycles. The first kappa shape index (κ1) is 13.4. The summed E-state index contributed by atoms with van der Waals surface area (Å²) in [6.45, 7) is 0. The standard InChI is InChI=1S/C15H13NO2S/c1-3-10-6-12-7-11(4-5-13(12)16-9-10)8-14(19-2)15(17)18/h1,4-7,9,14H,8H2,2H3,(H,17,18)/t14-/m0/s1. The van der Waals surface area contributed by atoms with E-state index >= 15 is 0 Å². The second-order valence-electron chi connectivity index (χ2n) is 4.16. The molecule has 96 valence electrons. The van der Waals surface area contributed by atoms with Gasteiger partial charge in [0.05, 0.1) is 5.52 Å². The molecule has 4 heteroatoms. The van der Waals surface area contributed by atoms with Crippen molar-refractivity contribution in [2.45, 2.75) is 11.7 Å². The first-order chi connectivity index (χ1) is 9.13. The van der Waals surface area contributed by atoms with Gasteiger partial charge < -0.3 is 5.11 Å². The number of carbonyl (C=O) groups is 1. The van der Waals surface area contributed by atoms with Gasteiger partial charge in [0.2, 0.25) is 0 Å². The lowest BCUT2D eigenvalue weighted by atomic mass is 10.1. The minimum Gasteiger partial charge on any atom is -0.480 e. The molecule has 0 fully saturated rings. The van der Waals surface area contributed by atoms with Crippen LogP contribution in [-0.4, -0.2) is 27.6 Å². The van der Waals surface area contributed by atoms with Crippen LogP contribution < -0.4 is 0 Å². The number of terminal acetylenes is 1. The highest BCUT2D eigenvalue weighted by Gasteiger charge is 2.16. The zero-order valence-electron chi connectivity index (χ0n) is 10.5. The maximum absolute atomic E-state index is 11.0. The van der Waals surface area contributed by atoms with Gasteiger partial charge in [0.25, 0.3) is 0 Å². The van der Waals surface area contributed by atoms with E-state index in [1.165, 1.54) is 11.8 Å². The van der Waals surface area contributed by atoms with Crippen molar-refractivity contribution in [3.05, 3.63) is 41.6 Å². The first-order valence-corrected chi connectivity index (χ1v) is 7.03. The molecule has 1 aromatic heterocycles. The number of fused-ring (bicyclic) bond motifs is 1. The first-order valence-electron chi connectivity index (χ1n) is 5.75. The van der Waals surface area contributed by atoms with Crippen LogP contribution >= 0.6 is 11.8 Å². The number of benzene rings is 1. The highest BCUT2D eigenvalue weighted by molar-refractivity contribution is 7.99. The number of carboxylic acids is 1. The minimum absolute atomic E-state index is 0.429. The maximum Gasteiger partial charge on any atom is 0.316 e. The van der Waals surface area contributed by atoms with Crippen molar-refractivity contribution < 1.29 is 9.90 Å². The van der Waals surface area contributed by atoms with Crippen molar-refractivity contribution in [1.82, 2.24) is 4.98 Å². The fourth-order valence-electron chi connectivity index (χ4n) is 1.87. The lowest BCUT2D eigenvalue weighted by Crippen LogP contribution is -2.18. The zero-order chi connectivity index (χ0) is 13.8. The molecule has 19 heavy (non-hydrogen) atoms. The summed E-state index contributed by atoms with van der Waals surface area (Å²) >= 11 is 1.34. The third kappa shape index (κ3) is 3.07. The predicted octanol–water partition coefficient (Wildman–Crippen LogP) is 2.57. The highest BCUT2D eigenvalue weighted by atomic mass is 32.2. The summed E-state index contributed by atoms with van der Waals surface area (Å²) in [5, 5.41) is 9.58. The molecule has 2 rings (SSSR count). The third-order valence-corrected chi connectivity index (χ3v) is 3.83. The number of thioether (sulfide) groups is 1. The van der Waals surface area contributed by atoms with Gasteiger partial charge in [-0.15, -0.1) is 18.2 Å². The highest BCUT2D eigenvalue weighted by Crippen LogP contribution is 2.19. The summed E-state index contributed by atoms with van der Waals surface area (Å²) in [5.41, 5.74) is 2.56. The quantitative estimate of drug-likeness (QED) is 0.868. The largest absolute Gasteiger partial charge is 0.480 e. The number of rotatable bonds is 4. The number of hydrogen-bond acceptors (Lipinski definition) is 3. The summed E-state index contributed by atoms with van der Waals surface area (Å²) in [6.07, 6.45) is 9.30. The average molecular weight is 271 g/mol. The number of aromatic nitrogens is 1. The molecule has 0 radical (unpaired) electrons. The summed E-state index contributed by atoms with van der Waals surface area (Å²) < 4.78 is 0. The minimum atomic E-state index is -0.789. The molecule has 2 aromatic rings. The summed E-state index contributed by atoms with van der Waals surface area (Å²) in [4.78, 5) is 15.3. The molecule has 0 bridgehead atoms. The van der Waals surface area contributed by atoms with Gasteiger partial charge in [0.1, 0.15) is 5.25 Å². The van der Waals surface area contributed by atoms with Gasteiger partial charge in [-0.1, -0.05) is 12.0 Å². The average Bonchev–Trinajstić information content (AvgIpc) is 2.43. The van der Waals surface area contributed by atoms with E-state index in [0.717, 1.165) is 22.0 Å². The van der Waals surface area contributed by atoms with E-state index < -0.39 is 11.2 Å². The van der Waals surface area contributed by atoms with Crippen LogP contribution in [0.15, 0.2) is 30.5 Å². The van der Waals surface area contributed by atoms with Crippen molar-refractivity contribution >= 4 is 28.6 Å². The molecule has 0 aliphatic heterocycles. The number of nitrogens with zero attached hydrogens (tertiary/aromatic N) is 1. The Hall–Kier alpha value is -1.99. The normalized spacial score (nSPS) is 12.0. The van der Waals surface area contributed by atoms with Gasteiger partial charge in [-0.25, -0.2) is 0 Å².